The fraction of sp³-hybridized carbons (Fsp3) is 0.500. The molecule has 0 amide bonds. The highest BCUT2D eigenvalue weighted by Crippen LogP contribution is 2.39. The highest BCUT2D eigenvalue weighted by Gasteiger charge is 2.35. The standard InChI is InChI=1S/C12H16BrNO/c13-11-3-1-9(2-4-11)10-5-6-12(14,7-10)8-15/h1-4,10,15H,5-8,14H2/t10-,12+/m1/s1. The maximum absolute atomic E-state index is 9.20. The minimum atomic E-state index is -0.349. The average Bonchev–Trinajstić information content (AvgIpc) is 2.63. The first-order valence-electron chi connectivity index (χ1n) is 5.28. The van der Waals surface area contributed by atoms with Gasteiger partial charge in [0.25, 0.3) is 0 Å². The van der Waals surface area contributed by atoms with Crippen molar-refractivity contribution in [3.63, 3.8) is 0 Å². The van der Waals surface area contributed by atoms with E-state index in [0.29, 0.717) is 5.92 Å². The van der Waals surface area contributed by atoms with E-state index < -0.39 is 0 Å². The highest BCUT2D eigenvalue weighted by atomic mass is 79.9. The Kier molecular flexibility index (Phi) is 3.14. The summed E-state index contributed by atoms with van der Waals surface area (Å²) in [4.78, 5) is 0. The van der Waals surface area contributed by atoms with Crippen LogP contribution in [0.4, 0.5) is 0 Å². The second-order valence-corrected chi connectivity index (χ2v) is 5.43. The molecular formula is C12H16BrNO. The Morgan fingerprint density at radius 1 is 1.40 bits per heavy atom. The van der Waals surface area contributed by atoms with Crippen LogP contribution in [0, 0.1) is 0 Å². The summed E-state index contributed by atoms with van der Waals surface area (Å²) in [7, 11) is 0. The van der Waals surface area contributed by atoms with Crippen molar-refractivity contribution < 1.29 is 5.11 Å². The van der Waals surface area contributed by atoms with E-state index in [1.807, 2.05) is 0 Å². The third-order valence-electron chi connectivity index (χ3n) is 3.30. The lowest BCUT2D eigenvalue weighted by Crippen LogP contribution is -2.40. The van der Waals surface area contributed by atoms with Crippen LogP contribution in [0.25, 0.3) is 0 Å². The zero-order valence-corrected chi connectivity index (χ0v) is 10.2. The van der Waals surface area contributed by atoms with Gasteiger partial charge in [-0.1, -0.05) is 28.1 Å². The number of hydrogen-bond donors (Lipinski definition) is 2. The molecule has 0 aliphatic heterocycles. The first-order chi connectivity index (χ1) is 7.13. The summed E-state index contributed by atoms with van der Waals surface area (Å²) < 4.78 is 1.10. The topological polar surface area (TPSA) is 46.2 Å². The highest BCUT2D eigenvalue weighted by molar-refractivity contribution is 9.10. The molecule has 15 heavy (non-hydrogen) atoms. The van der Waals surface area contributed by atoms with Gasteiger partial charge in [-0.05, 0) is 42.9 Å². The van der Waals surface area contributed by atoms with Crippen molar-refractivity contribution in [3.8, 4) is 0 Å². The van der Waals surface area contributed by atoms with Crippen molar-refractivity contribution in [2.75, 3.05) is 6.61 Å². The van der Waals surface area contributed by atoms with Gasteiger partial charge in [0.05, 0.1) is 6.61 Å². The maximum atomic E-state index is 9.20. The molecule has 1 saturated carbocycles. The van der Waals surface area contributed by atoms with Crippen LogP contribution in [-0.2, 0) is 0 Å². The van der Waals surface area contributed by atoms with Crippen molar-refractivity contribution >= 4 is 15.9 Å². The molecule has 0 bridgehead atoms. The minimum Gasteiger partial charge on any atom is -0.394 e. The molecule has 1 aromatic rings. The number of rotatable bonds is 2. The molecule has 2 rings (SSSR count). The molecule has 1 fully saturated rings. The second-order valence-electron chi connectivity index (χ2n) is 4.51. The Morgan fingerprint density at radius 3 is 2.60 bits per heavy atom. The van der Waals surface area contributed by atoms with Crippen LogP contribution >= 0.6 is 15.9 Å². The molecule has 1 aromatic carbocycles. The molecule has 0 aromatic heterocycles. The third kappa shape index (κ3) is 2.41. The zero-order chi connectivity index (χ0) is 10.9. The number of halogens is 1. The first kappa shape index (κ1) is 11.1. The second kappa shape index (κ2) is 4.24. The average molecular weight is 270 g/mol. The van der Waals surface area contributed by atoms with E-state index in [-0.39, 0.29) is 12.1 Å². The van der Waals surface area contributed by atoms with E-state index in [9.17, 15) is 5.11 Å². The van der Waals surface area contributed by atoms with Gasteiger partial charge in [-0.25, -0.2) is 0 Å². The SMILES string of the molecule is N[C@@]1(CO)CC[C@@H](c2ccc(Br)cc2)C1. The van der Waals surface area contributed by atoms with Gasteiger partial charge in [-0.15, -0.1) is 0 Å². The predicted octanol–water partition coefficient (Wildman–Crippen LogP) is 2.41. The van der Waals surface area contributed by atoms with Crippen LogP contribution in [0.15, 0.2) is 28.7 Å². The maximum Gasteiger partial charge on any atom is 0.0611 e. The minimum absolute atomic E-state index is 0.0973. The molecule has 0 spiro atoms. The Balaban J connectivity index is 2.11. The molecule has 3 N–H and O–H groups in total. The van der Waals surface area contributed by atoms with Gasteiger partial charge >= 0.3 is 0 Å². The normalized spacial score (nSPS) is 30.7. The van der Waals surface area contributed by atoms with Gasteiger partial charge in [0.1, 0.15) is 0 Å². The van der Waals surface area contributed by atoms with Crippen LogP contribution in [-0.4, -0.2) is 17.3 Å². The summed E-state index contributed by atoms with van der Waals surface area (Å²) in [6, 6.07) is 8.39. The van der Waals surface area contributed by atoms with Gasteiger partial charge in [0.15, 0.2) is 0 Å². The largest absolute Gasteiger partial charge is 0.394 e. The van der Waals surface area contributed by atoms with Gasteiger partial charge < -0.3 is 10.8 Å². The smallest absolute Gasteiger partial charge is 0.0611 e. The third-order valence-corrected chi connectivity index (χ3v) is 3.83. The molecule has 1 aliphatic carbocycles. The lowest BCUT2D eigenvalue weighted by atomic mass is 9.94. The Labute approximate surface area is 98.6 Å². The van der Waals surface area contributed by atoms with Crippen LogP contribution in [0.2, 0.25) is 0 Å². The van der Waals surface area contributed by atoms with Crippen LogP contribution in [0.5, 0.6) is 0 Å². The summed E-state index contributed by atoms with van der Waals surface area (Å²) >= 11 is 3.43. The van der Waals surface area contributed by atoms with Gasteiger partial charge in [0.2, 0.25) is 0 Å². The molecule has 0 heterocycles. The van der Waals surface area contributed by atoms with Crippen molar-refractivity contribution in [1.82, 2.24) is 0 Å². The van der Waals surface area contributed by atoms with E-state index in [4.69, 9.17) is 5.73 Å². The number of hydrogen-bond acceptors (Lipinski definition) is 2. The first-order valence-corrected chi connectivity index (χ1v) is 6.07. The molecule has 0 unspecified atom stereocenters. The molecule has 0 radical (unpaired) electrons. The van der Waals surface area contributed by atoms with E-state index in [0.717, 1.165) is 23.7 Å². The summed E-state index contributed by atoms with van der Waals surface area (Å²) in [5.41, 5.74) is 7.04. The number of aliphatic hydroxyl groups excluding tert-OH is 1. The van der Waals surface area contributed by atoms with Crippen LogP contribution in [0.1, 0.15) is 30.7 Å². The van der Waals surface area contributed by atoms with Crippen molar-refractivity contribution in [1.29, 1.82) is 0 Å². The molecule has 2 atom stereocenters. The van der Waals surface area contributed by atoms with Crippen molar-refractivity contribution in [2.45, 2.75) is 30.7 Å². The fourth-order valence-corrected chi connectivity index (χ4v) is 2.58. The zero-order valence-electron chi connectivity index (χ0n) is 8.62. The van der Waals surface area contributed by atoms with E-state index in [1.54, 1.807) is 0 Å². The Bertz CT molecular complexity index is 338. The fourth-order valence-electron chi connectivity index (χ4n) is 2.32. The number of aliphatic hydroxyl groups is 1. The summed E-state index contributed by atoms with van der Waals surface area (Å²) in [6.45, 7) is 0.0973. The van der Waals surface area contributed by atoms with Gasteiger partial charge in [0, 0.05) is 10.0 Å². The van der Waals surface area contributed by atoms with Crippen molar-refractivity contribution in [3.05, 3.63) is 34.3 Å². The summed E-state index contributed by atoms with van der Waals surface area (Å²) in [5.74, 6) is 0.509. The molecule has 82 valence electrons. The monoisotopic (exact) mass is 269 g/mol. The van der Waals surface area contributed by atoms with Gasteiger partial charge in [-0.3, -0.25) is 0 Å². The molecule has 1 aliphatic rings. The summed E-state index contributed by atoms with van der Waals surface area (Å²) in [5, 5.41) is 9.20. The van der Waals surface area contributed by atoms with E-state index in [1.165, 1.54) is 5.56 Å². The van der Waals surface area contributed by atoms with Crippen LogP contribution in [0.3, 0.4) is 0 Å². The number of benzene rings is 1. The lowest BCUT2D eigenvalue weighted by molar-refractivity contribution is 0.198. The lowest BCUT2D eigenvalue weighted by Gasteiger charge is -2.20. The Morgan fingerprint density at radius 2 is 2.07 bits per heavy atom. The summed E-state index contributed by atoms with van der Waals surface area (Å²) in [6.07, 6.45) is 2.90. The van der Waals surface area contributed by atoms with E-state index in [2.05, 4.69) is 40.2 Å². The van der Waals surface area contributed by atoms with E-state index >= 15 is 0 Å². The molecular weight excluding hydrogens is 254 g/mol. The predicted molar refractivity (Wildman–Crippen MR) is 64.7 cm³/mol. The molecule has 2 nitrogen and oxygen atoms in total. The van der Waals surface area contributed by atoms with Crippen LogP contribution < -0.4 is 5.73 Å². The molecule has 0 saturated heterocycles. The quantitative estimate of drug-likeness (QED) is 0.866. The van der Waals surface area contributed by atoms with Gasteiger partial charge in [-0.2, -0.15) is 0 Å². The number of nitrogens with two attached hydrogens (primary N) is 1. The Hall–Kier alpha value is -0.380. The molecule has 3 heteroatoms. The van der Waals surface area contributed by atoms with Crippen molar-refractivity contribution in [2.24, 2.45) is 5.73 Å².